The highest BCUT2D eigenvalue weighted by atomic mass is 79.9. The minimum atomic E-state index is 0.655. The van der Waals surface area contributed by atoms with Crippen molar-refractivity contribution in [1.82, 2.24) is 9.97 Å². The molecule has 0 aliphatic heterocycles. The van der Waals surface area contributed by atoms with Crippen LogP contribution in [0.2, 0.25) is 0 Å². The Kier molecular flexibility index (Phi) is 3.98. The summed E-state index contributed by atoms with van der Waals surface area (Å²) in [5.74, 6) is 0. The first-order valence-electron chi connectivity index (χ1n) is 6.11. The Labute approximate surface area is 133 Å². The average Bonchev–Trinajstić information content (AvgIpc) is 2.47. The Morgan fingerprint density at radius 3 is 2.55 bits per heavy atom. The SMILES string of the molecule is Brc1cncc(Br)c1NCc1nccc2ccccc12. The minimum Gasteiger partial charge on any atom is -0.377 e. The summed E-state index contributed by atoms with van der Waals surface area (Å²) in [5, 5.41) is 5.76. The highest BCUT2D eigenvalue weighted by Gasteiger charge is 2.07. The van der Waals surface area contributed by atoms with E-state index in [1.165, 1.54) is 10.8 Å². The molecule has 0 bridgehead atoms. The lowest BCUT2D eigenvalue weighted by atomic mass is 10.1. The quantitative estimate of drug-likeness (QED) is 0.697. The summed E-state index contributed by atoms with van der Waals surface area (Å²) in [6, 6.07) is 10.3. The highest BCUT2D eigenvalue weighted by Crippen LogP contribution is 2.30. The number of pyridine rings is 2. The number of aromatic nitrogens is 2. The van der Waals surface area contributed by atoms with Crippen LogP contribution in [0.3, 0.4) is 0 Å². The predicted octanol–water partition coefficient (Wildman–Crippen LogP) is 4.77. The van der Waals surface area contributed by atoms with Crippen LogP contribution in [0.1, 0.15) is 5.69 Å². The average molecular weight is 393 g/mol. The van der Waals surface area contributed by atoms with Crippen molar-refractivity contribution in [2.75, 3.05) is 5.32 Å². The summed E-state index contributed by atoms with van der Waals surface area (Å²) in [6.07, 6.45) is 5.38. The standard InChI is InChI=1S/C15H11Br2N3/c16-12-7-18-8-13(17)15(12)20-9-14-11-4-2-1-3-10(11)5-6-19-14/h1-8H,9H2,(H,18,20). The van der Waals surface area contributed by atoms with Crippen LogP contribution in [-0.4, -0.2) is 9.97 Å². The van der Waals surface area contributed by atoms with Crippen molar-refractivity contribution < 1.29 is 0 Å². The largest absolute Gasteiger partial charge is 0.377 e. The number of anilines is 1. The van der Waals surface area contributed by atoms with Crippen molar-refractivity contribution in [3.8, 4) is 0 Å². The first kappa shape index (κ1) is 13.5. The summed E-state index contributed by atoms with van der Waals surface area (Å²) in [6.45, 7) is 0.655. The second-order valence-corrected chi connectivity index (χ2v) is 6.02. The number of hydrogen-bond donors (Lipinski definition) is 1. The van der Waals surface area contributed by atoms with Gasteiger partial charge >= 0.3 is 0 Å². The van der Waals surface area contributed by atoms with Crippen LogP contribution in [0.25, 0.3) is 10.8 Å². The first-order chi connectivity index (χ1) is 9.75. The molecule has 0 unspecified atom stereocenters. The van der Waals surface area contributed by atoms with Crippen molar-refractivity contribution in [3.63, 3.8) is 0 Å². The molecule has 2 aromatic heterocycles. The maximum atomic E-state index is 4.47. The van der Waals surface area contributed by atoms with Crippen molar-refractivity contribution in [2.24, 2.45) is 0 Å². The van der Waals surface area contributed by atoms with E-state index in [9.17, 15) is 0 Å². The second-order valence-electron chi connectivity index (χ2n) is 4.31. The fourth-order valence-corrected chi connectivity index (χ4v) is 3.29. The molecule has 3 rings (SSSR count). The molecule has 0 amide bonds. The van der Waals surface area contributed by atoms with Gasteiger partial charge in [-0.15, -0.1) is 0 Å². The molecular weight excluding hydrogens is 382 g/mol. The third-order valence-electron chi connectivity index (χ3n) is 3.04. The molecule has 1 N–H and O–H groups in total. The molecule has 0 aliphatic rings. The van der Waals surface area contributed by atoms with Crippen LogP contribution < -0.4 is 5.32 Å². The van der Waals surface area contributed by atoms with E-state index >= 15 is 0 Å². The molecular formula is C15H11Br2N3. The molecule has 0 spiro atoms. The van der Waals surface area contributed by atoms with E-state index in [2.05, 4.69) is 59.3 Å². The lowest BCUT2D eigenvalue weighted by Gasteiger charge is -2.11. The molecule has 0 atom stereocenters. The van der Waals surface area contributed by atoms with Crippen molar-refractivity contribution in [3.05, 3.63) is 63.6 Å². The molecule has 0 radical (unpaired) electrons. The molecule has 0 fully saturated rings. The van der Waals surface area contributed by atoms with Gasteiger partial charge in [0.2, 0.25) is 0 Å². The molecule has 0 saturated carbocycles. The van der Waals surface area contributed by atoms with Gasteiger partial charge in [0, 0.05) is 24.0 Å². The molecule has 1 aromatic carbocycles. The van der Waals surface area contributed by atoms with E-state index in [1.54, 1.807) is 12.4 Å². The summed E-state index contributed by atoms with van der Waals surface area (Å²) in [5.41, 5.74) is 2.01. The maximum Gasteiger partial charge on any atom is 0.0672 e. The van der Waals surface area contributed by atoms with E-state index in [-0.39, 0.29) is 0 Å². The Morgan fingerprint density at radius 2 is 1.75 bits per heavy atom. The molecule has 3 nitrogen and oxygen atoms in total. The molecule has 3 aromatic rings. The van der Waals surface area contributed by atoms with Crippen LogP contribution in [-0.2, 0) is 6.54 Å². The summed E-state index contributed by atoms with van der Waals surface area (Å²) >= 11 is 6.99. The van der Waals surface area contributed by atoms with Crippen LogP contribution >= 0.6 is 31.9 Å². The van der Waals surface area contributed by atoms with Crippen molar-refractivity contribution >= 4 is 48.3 Å². The van der Waals surface area contributed by atoms with Gasteiger partial charge in [-0.25, -0.2) is 0 Å². The van der Waals surface area contributed by atoms with Gasteiger partial charge in [0.25, 0.3) is 0 Å². The zero-order valence-electron chi connectivity index (χ0n) is 10.5. The van der Waals surface area contributed by atoms with Crippen molar-refractivity contribution in [2.45, 2.75) is 6.54 Å². The van der Waals surface area contributed by atoms with Gasteiger partial charge in [-0.1, -0.05) is 24.3 Å². The van der Waals surface area contributed by atoms with Gasteiger partial charge in [0.1, 0.15) is 0 Å². The minimum absolute atomic E-state index is 0.655. The van der Waals surface area contributed by atoms with Crippen LogP contribution in [0.15, 0.2) is 57.9 Å². The van der Waals surface area contributed by atoms with Gasteiger partial charge < -0.3 is 5.32 Å². The number of fused-ring (bicyclic) bond motifs is 1. The number of benzene rings is 1. The molecule has 2 heterocycles. The topological polar surface area (TPSA) is 37.8 Å². The van der Waals surface area contributed by atoms with Gasteiger partial charge in [-0.2, -0.15) is 0 Å². The van der Waals surface area contributed by atoms with Crippen LogP contribution in [0.5, 0.6) is 0 Å². The predicted molar refractivity (Wildman–Crippen MR) is 88.7 cm³/mol. The van der Waals surface area contributed by atoms with E-state index in [0.717, 1.165) is 20.3 Å². The zero-order valence-corrected chi connectivity index (χ0v) is 13.6. The smallest absolute Gasteiger partial charge is 0.0672 e. The summed E-state index contributed by atoms with van der Waals surface area (Å²) < 4.78 is 1.85. The normalized spacial score (nSPS) is 10.7. The fourth-order valence-electron chi connectivity index (χ4n) is 2.08. The van der Waals surface area contributed by atoms with Gasteiger partial charge in [0.15, 0.2) is 0 Å². The summed E-state index contributed by atoms with van der Waals surface area (Å²) in [7, 11) is 0. The Hall–Kier alpha value is -1.46. The number of nitrogens with one attached hydrogen (secondary N) is 1. The van der Waals surface area contributed by atoms with E-state index < -0.39 is 0 Å². The van der Waals surface area contributed by atoms with Gasteiger partial charge in [0.05, 0.1) is 26.9 Å². The van der Waals surface area contributed by atoms with E-state index in [4.69, 9.17) is 0 Å². The Balaban J connectivity index is 1.91. The van der Waals surface area contributed by atoms with Gasteiger partial charge in [-0.3, -0.25) is 9.97 Å². The van der Waals surface area contributed by atoms with Crippen LogP contribution in [0.4, 0.5) is 5.69 Å². The third kappa shape index (κ3) is 2.69. The number of nitrogens with zero attached hydrogens (tertiary/aromatic N) is 2. The van der Waals surface area contributed by atoms with E-state index in [0.29, 0.717) is 6.54 Å². The maximum absolute atomic E-state index is 4.47. The molecule has 0 aliphatic carbocycles. The highest BCUT2D eigenvalue weighted by molar-refractivity contribution is 9.11. The molecule has 5 heteroatoms. The lowest BCUT2D eigenvalue weighted by molar-refractivity contribution is 1.06. The third-order valence-corrected chi connectivity index (χ3v) is 4.24. The monoisotopic (exact) mass is 391 g/mol. The van der Waals surface area contributed by atoms with Gasteiger partial charge in [-0.05, 0) is 43.3 Å². The second kappa shape index (κ2) is 5.89. The number of hydrogen-bond acceptors (Lipinski definition) is 3. The molecule has 100 valence electrons. The van der Waals surface area contributed by atoms with Crippen molar-refractivity contribution in [1.29, 1.82) is 0 Å². The Morgan fingerprint density at radius 1 is 1.00 bits per heavy atom. The zero-order chi connectivity index (χ0) is 13.9. The molecule has 20 heavy (non-hydrogen) atoms. The van der Waals surface area contributed by atoms with E-state index in [1.807, 2.05) is 24.4 Å². The first-order valence-corrected chi connectivity index (χ1v) is 7.70. The summed E-state index contributed by atoms with van der Waals surface area (Å²) in [4.78, 5) is 8.57. The molecule has 0 saturated heterocycles. The van der Waals surface area contributed by atoms with Crippen LogP contribution in [0, 0.1) is 0 Å². The lowest BCUT2D eigenvalue weighted by Crippen LogP contribution is -2.03. The fraction of sp³-hybridized carbons (Fsp3) is 0.0667. The number of halogens is 2. The Bertz CT molecular complexity index is 733. The number of rotatable bonds is 3.